The molecule has 0 fully saturated rings. The molecule has 6 nitrogen and oxygen atoms in total. The van der Waals surface area contributed by atoms with Crippen LogP contribution in [0.5, 0.6) is 0 Å². The van der Waals surface area contributed by atoms with Crippen LogP contribution in [0.3, 0.4) is 0 Å². The number of hydrogen-bond donors (Lipinski definition) is 0. The maximum Gasteiger partial charge on any atom is 0.306 e. The van der Waals surface area contributed by atoms with Crippen molar-refractivity contribution in [2.75, 3.05) is 13.2 Å². The molecule has 6 heteroatoms. The number of carbonyl (C=O) groups excluding carboxylic acids is 3. The standard InChI is InChI=1S/C54H104O6/c1-5-7-9-11-13-15-17-18-19-20-21-26-29-33-37-41-45-52(55)58-48-51(60-54(57)47-43-39-35-31-24-16-14-12-10-8-6-2)49-59-53(56)46-42-38-34-30-27-23-22-25-28-32-36-40-44-50(3)4/h50-51H,5-49H2,1-4H3/t51-/m1/s1. The van der Waals surface area contributed by atoms with Crippen molar-refractivity contribution in [1.29, 1.82) is 0 Å². The van der Waals surface area contributed by atoms with Gasteiger partial charge in [0.05, 0.1) is 0 Å². The summed E-state index contributed by atoms with van der Waals surface area (Å²) in [4.78, 5) is 38.0. The molecule has 0 spiro atoms. The summed E-state index contributed by atoms with van der Waals surface area (Å²) in [5, 5.41) is 0. The minimum absolute atomic E-state index is 0.0624. The monoisotopic (exact) mass is 849 g/mol. The van der Waals surface area contributed by atoms with Crippen molar-refractivity contribution in [2.45, 2.75) is 310 Å². The first-order valence-electron chi connectivity index (χ1n) is 26.9. The van der Waals surface area contributed by atoms with Crippen LogP contribution in [-0.4, -0.2) is 37.2 Å². The second kappa shape index (κ2) is 48.4. The molecule has 0 unspecified atom stereocenters. The van der Waals surface area contributed by atoms with Gasteiger partial charge in [-0.05, 0) is 25.2 Å². The van der Waals surface area contributed by atoms with Crippen molar-refractivity contribution in [1.82, 2.24) is 0 Å². The van der Waals surface area contributed by atoms with E-state index >= 15 is 0 Å². The summed E-state index contributed by atoms with van der Waals surface area (Å²) in [6.45, 7) is 9.03. The van der Waals surface area contributed by atoms with Gasteiger partial charge < -0.3 is 14.2 Å². The maximum absolute atomic E-state index is 12.8. The fourth-order valence-corrected chi connectivity index (χ4v) is 8.22. The van der Waals surface area contributed by atoms with Crippen LogP contribution in [0, 0.1) is 5.92 Å². The third-order valence-electron chi connectivity index (χ3n) is 12.3. The third kappa shape index (κ3) is 47.5. The Morgan fingerprint density at radius 2 is 0.550 bits per heavy atom. The van der Waals surface area contributed by atoms with Crippen LogP contribution in [0.25, 0.3) is 0 Å². The molecule has 0 rings (SSSR count). The zero-order valence-corrected chi connectivity index (χ0v) is 40.9. The number of unbranched alkanes of at least 4 members (excludes halogenated alkanes) is 36. The molecule has 0 saturated heterocycles. The average Bonchev–Trinajstić information content (AvgIpc) is 3.23. The number of esters is 3. The smallest absolute Gasteiger partial charge is 0.306 e. The van der Waals surface area contributed by atoms with E-state index in [1.807, 2.05) is 0 Å². The molecular weight excluding hydrogens is 745 g/mol. The predicted molar refractivity (Wildman–Crippen MR) is 257 cm³/mol. The molecule has 0 aromatic rings. The van der Waals surface area contributed by atoms with E-state index < -0.39 is 6.10 Å². The molecule has 0 bridgehead atoms. The lowest BCUT2D eigenvalue weighted by atomic mass is 10.0. The summed E-state index contributed by atoms with van der Waals surface area (Å²) in [5.74, 6) is -0.00800. The Labute approximate surface area is 374 Å². The second-order valence-electron chi connectivity index (χ2n) is 19.0. The van der Waals surface area contributed by atoms with Crippen LogP contribution < -0.4 is 0 Å². The van der Waals surface area contributed by atoms with E-state index in [1.165, 1.54) is 199 Å². The lowest BCUT2D eigenvalue weighted by Crippen LogP contribution is -2.30. The Kier molecular flexibility index (Phi) is 47.2. The largest absolute Gasteiger partial charge is 0.462 e. The molecule has 0 saturated carbocycles. The third-order valence-corrected chi connectivity index (χ3v) is 12.3. The van der Waals surface area contributed by atoms with E-state index in [2.05, 4.69) is 27.7 Å². The van der Waals surface area contributed by atoms with Gasteiger partial charge in [-0.1, -0.05) is 265 Å². The zero-order valence-electron chi connectivity index (χ0n) is 40.9. The summed E-state index contributed by atoms with van der Waals surface area (Å²) in [5.41, 5.74) is 0. The number of hydrogen-bond acceptors (Lipinski definition) is 6. The zero-order chi connectivity index (χ0) is 43.8. The average molecular weight is 849 g/mol. The molecule has 0 N–H and O–H groups in total. The molecule has 0 amide bonds. The van der Waals surface area contributed by atoms with E-state index in [-0.39, 0.29) is 31.1 Å². The fraction of sp³-hybridized carbons (Fsp3) is 0.944. The number of ether oxygens (including phenoxy) is 3. The Morgan fingerprint density at radius 1 is 0.317 bits per heavy atom. The van der Waals surface area contributed by atoms with Gasteiger partial charge in [-0.25, -0.2) is 0 Å². The molecule has 0 heterocycles. The van der Waals surface area contributed by atoms with Crippen LogP contribution >= 0.6 is 0 Å². The summed E-state index contributed by atoms with van der Waals surface area (Å²) in [6.07, 6.45) is 50.9. The second-order valence-corrected chi connectivity index (χ2v) is 19.0. The van der Waals surface area contributed by atoms with Crippen LogP contribution in [-0.2, 0) is 28.6 Å². The SMILES string of the molecule is CCCCCCCCCCCCCCCCCCC(=O)OC[C@H](COC(=O)CCCCCCCCCCCCCCC(C)C)OC(=O)CCCCCCCCCCCCC. The highest BCUT2D eigenvalue weighted by atomic mass is 16.6. The van der Waals surface area contributed by atoms with Gasteiger partial charge in [-0.3, -0.25) is 14.4 Å². The van der Waals surface area contributed by atoms with E-state index in [4.69, 9.17) is 14.2 Å². The van der Waals surface area contributed by atoms with Crippen molar-refractivity contribution < 1.29 is 28.6 Å². The van der Waals surface area contributed by atoms with Crippen molar-refractivity contribution in [3.8, 4) is 0 Å². The predicted octanol–water partition coefficient (Wildman–Crippen LogP) is 17.5. The van der Waals surface area contributed by atoms with Gasteiger partial charge in [0, 0.05) is 19.3 Å². The Hall–Kier alpha value is -1.59. The number of rotatable bonds is 49. The van der Waals surface area contributed by atoms with E-state index in [9.17, 15) is 14.4 Å². The topological polar surface area (TPSA) is 78.9 Å². The van der Waals surface area contributed by atoms with E-state index in [0.717, 1.165) is 63.7 Å². The molecule has 0 radical (unpaired) electrons. The van der Waals surface area contributed by atoms with Gasteiger partial charge in [0.15, 0.2) is 6.10 Å². The quantitative estimate of drug-likeness (QED) is 0.0345. The fourth-order valence-electron chi connectivity index (χ4n) is 8.22. The summed E-state index contributed by atoms with van der Waals surface area (Å²) in [7, 11) is 0. The van der Waals surface area contributed by atoms with Crippen molar-refractivity contribution in [2.24, 2.45) is 5.92 Å². The minimum Gasteiger partial charge on any atom is -0.462 e. The van der Waals surface area contributed by atoms with Crippen LogP contribution in [0.4, 0.5) is 0 Å². The van der Waals surface area contributed by atoms with Crippen LogP contribution in [0.15, 0.2) is 0 Å². The first-order valence-corrected chi connectivity index (χ1v) is 26.9. The van der Waals surface area contributed by atoms with Gasteiger partial charge in [-0.2, -0.15) is 0 Å². The summed E-state index contributed by atoms with van der Waals surface area (Å²) < 4.78 is 16.8. The molecule has 0 aromatic carbocycles. The molecule has 0 aliphatic heterocycles. The Balaban J connectivity index is 4.27. The van der Waals surface area contributed by atoms with Gasteiger partial charge >= 0.3 is 17.9 Å². The first kappa shape index (κ1) is 58.4. The molecule has 356 valence electrons. The molecule has 1 atom stereocenters. The van der Waals surface area contributed by atoms with Gasteiger partial charge in [0.2, 0.25) is 0 Å². The highest BCUT2D eigenvalue weighted by molar-refractivity contribution is 5.71. The van der Waals surface area contributed by atoms with Crippen molar-refractivity contribution in [3.05, 3.63) is 0 Å². The van der Waals surface area contributed by atoms with Crippen LogP contribution in [0.2, 0.25) is 0 Å². The Morgan fingerprint density at radius 3 is 0.817 bits per heavy atom. The molecule has 0 aliphatic rings. The molecule has 0 aliphatic carbocycles. The normalized spacial score (nSPS) is 11.9. The maximum atomic E-state index is 12.8. The van der Waals surface area contributed by atoms with Gasteiger partial charge in [-0.15, -0.1) is 0 Å². The lowest BCUT2D eigenvalue weighted by molar-refractivity contribution is -0.167. The summed E-state index contributed by atoms with van der Waals surface area (Å²) in [6, 6.07) is 0. The molecule has 60 heavy (non-hydrogen) atoms. The highest BCUT2D eigenvalue weighted by Gasteiger charge is 2.19. The first-order chi connectivity index (χ1) is 29.4. The van der Waals surface area contributed by atoms with E-state index in [1.54, 1.807) is 0 Å². The lowest BCUT2D eigenvalue weighted by Gasteiger charge is -2.18. The molecular formula is C54H104O6. The van der Waals surface area contributed by atoms with Gasteiger partial charge in [0.25, 0.3) is 0 Å². The summed E-state index contributed by atoms with van der Waals surface area (Å²) >= 11 is 0. The van der Waals surface area contributed by atoms with Gasteiger partial charge in [0.1, 0.15) is 13.2 Å². The number of carbonyl (C=O) groups is 3. The van der Waals surface area contributed by atoms with Crippen molar-refractivity contribution >= 4 is 17.9 Å². The Bertz CT molecular complexity index is 903. The van der Waals surface area contributed by atoms with Crippen LogP contribution in [0.1, 0.15) is 304 Å². The minimum atomic E-state index is -0.760. The van der Waals surface area contributed by atoms with E-state index in [0.29, 0.717) is 19.3 Å². The van der Waals surface area contributed by atoms with Crippen molar-refractivity contribution in [3.63, 3.8) is 0 Å². The highest BCUT2D eigenvalue weighted by Crippen LogP contribution is 2.17. The molecule has 0 aromatic heterocycles.